The second-order valence-corrected chi connectivity index (χ2v) is 6.20. The Morgan fingerprint density at radius 2 is 1.81 bits per heavy atom. The number of rotatable bonds is 3. The molecule has 16 heavy (non-hydrogen) atoms. The van der Waals surface area contributed by atoms with E-state index in [0.29, 0.717) is 5.92 Å². The maximum absolute atomic E-state index is 10.3. The molecule has 1 aliphatic rings. The van der Waals surface area contributed by atoms with Crippen LogP contribution < -0.4 is 0 Å². The van der Waals surface area contributed by atoms with Crippen LogP contribution in [0.3, 0.4) is 0 Å². The van der Waals surface area contributed by atoms with Gasteiger partial charge in [-0.3, -0.25) is 0 Å². The van der Waals surface area contributed by atoms with Gasteiger partial charge < -0.3 is 5.11 Å². The predicted molar refractivity (Wildman–Crippen MR) is 69.6 cm³/mol. The van der Waals surface area contributed by atoms with Gasteiger partial charge in [0.1, 0.15) is 0 Å². The molecule has 0 amide bonds. The number of aliphatic hydroxyl groups is 1. The quantitative estimate of drug-likeness (QED) is 0.835. The summed E-state index contributed by atoms with van der Waals surface area (Å²) in [5.74, 6) is 2.18. The first-order valence-corrected chi connectivity index (χ1v) is 7.33. The van der Waals surface area contributed by atoms with E-state index in [2.05, 4.69) is 30.7 Å². The molecule has 0 spiro atoms. The summed E-state index contributed by atoms with van der Waals surface area (Å²) in [4.78, 5) is 0. The highest BCUT2D eigenvalue weighted by Gasteiger charge is 2.28. The third-order valence-electron chi connectivity index (χ3n) is 4.09. The van der Waals surface area contributed by atoms with Gasteiger partial charge >= 0.3 is 0 Å². The molecule has 90 valence electrons. The molecule has 0 aromatic carbocycles. The molecular formula is C14H22OS. The van der Waals surface area contributed by atoms with E-state index in [-0.39, 0.29) is 6.10 Å². The molecule has 1 saturated carbocycles. The third-order valence-corrected chi connectivity index (χ3v) is 4.79. The molecule has 1 aromatic heterocycles. The summed E-state index contributed by atoms with van der Waals surface area (Å²) in [5.41, 5.74) is 1.12. The smallest absolute Gasteiger partial charge is 0.0826 e. The summed E-state index contributed by atoms with van der Waals surface area (Å²) >= 11 is 1.68. The van der Waals surface area contributed by atoms with Gasteiger partial charge in [0.15, 0.2) is 0 Å². The Hall–Kier alpha value is -0.340. The number of hydrogen-bond acceptors (Lipinski definition) is 2. The summed E-state index contributed by atoms with van der Waals surface area (Å²) in [6.45, 7) is 4.64. The van der Waals surface area contributed by atoms with Crippen molar-refractivity contribution in [2.75, 3.05) is 0 Å². The van der Waals surface area contributed by atoms with Crippen molar-refractivity contribution in [3.05, 3.63) is 22.4 Å². The summed E-state index contributed by atoms with van der Waals surface area (Å²) < 4.78 is 0. The van der Waals surface area contributed by atoms with Crippen molar-refractivity contribution in [2.45, 2.75) is 45.6 Å². The third kappa shape index (κ3) is 2.67. The monoisotopic (exact) mass is 238 g/mol. The Bertz CT molecular complexity index is 297. The fourth-order valence-electron chi connectivity index (χ4n) is 2.84. The van der Waals surface area contributed by atoms with Crippen LogP contribution in [0.4, 0.5) is 0 Å². The van der Waals surface area contributed by atoms with Crippen molar-refractivity contribution in [1.82, 2.24) is 0 Å². The summed E-state index contributed by atoms with van der Waals surface area (Å²) in [7, 11) is 0. The van der Waals surface area contributed by atoms with Crippen LogP contribution in [0.2, 0.25) is 0 Å². The van der Waals surface area contributed by atoms with Crippen LogP contribution in [0.5, 0.6) is 0 Å². The minimum atomic E-state index is -0.223. The summed E-state index contributed by atoms with van der Waals surface area (Å²) in [6.07, 6.45) is 4.76. The highest BCUT2D eigenvalue weighted by molar-refractivity contribution is 7.07. The van der Waals surface area contributed by atoms with Gasteiger partial charge in [-0.15, -0.1) is 0 Å². The largest absolute Gasteiger partial charge is 0.388 e. The first-order chi connectivity index (χ1) is 7.68. The molecule has 0 bridgehead atoms. The minimum Gasteiger partial charge on any atom is -0.388 e. The topological polar surface area (TPSA) is 20.2 Å². The first-order valence-electron chi connectivity index (χ1n) is 6.38. The van der Waals surface area contributed by atoms with Gasteiger partial charge in [-0.2, -0.15) is 11.3 Å². The normalized spacial score (nSPS) is 28.2. The molecule has 1 nitrogen and oxygen atoms in total. The molecule has 1 aromatic rings. The SMILES string of the molecule is CC(C)C1CCC(C(O)c2ccsc2)CC1. The molecule has 1 fully saturated rings. The lowest BCUT2D eigenvalue weighted by molar-refractivity contribution is 0.0671. The van der Waals surface area contributed by atoms with E-state index in [1.54, 1.807) is 11.3 Å². The van der Waals surface area contributed by atoms with Crippen LogP contribution >= 0.6 is 11.3 Å². The molecule has 1 aliphatic carbocycles. The highest BCUT2D eigenvalue weighted by Crippen LogP contribution is 2.39. The highest BCUT2D eigenvalue weighted by atomic mass is 32.1. The Morgan fingerprint density at radius 1 is 1.19 bits per heavy atom. The molecule has 1 N–H and O–H groups in total. The molecule has 1 atom stereocenters. The number of aliphatic hydroxyl groups excluding tert-OH is 1. The minimum absolute atomic E-state index is 0.223. The van der Waals surface area contributed by atoms with Crippen LogP contribution in [-0.4, -0.2) is 5.11 Å². The van der Waals surface area contributed by atoms with Gasteiger partial charge in [-0.25, -0.2) is 0 Å². The molecule has 2 rings (SSSR count). The van der Waals surface area contributed by atoms with Gasteiger partial charge in [-0.05, 0) is 65.8 Å². The Kier molecular flexibility index (Phi) is 4.04. The zero-order valence-corrected chi connectivity index (χ0v) is 11.0. The van der Waals surface area contributed by atoms with E-state index in [4.69, 9.17) is 0 Å². The van der Waals surface area contributed by atoms with Gasteiger partial charge in [0, 0.05) is 0 Å². The van der Waals surface area contributed by atoms with E-state index in [1.807, 2.05) is 0 Å². The second-order valence-electron chi connectivity index (χ2n) is 5.42. The van der Waals surface area contributed by atoms with Crippen molar-refractivity contribution >= 4 is 11.3 Å². The zero-order valence-electron chi connectivity index (χ0n) is 10.2. The fourth-order valence-corrected chi connectivity index (χ4v) is 3.53. The Morgan fingerprint density at radius 3 is 2.31 bits per heavy atom. The average molecular weight is 238 g/mol. The van der Waals surface area contributed by atoms with E-state index in [9.17, 15) is 5.11 Å². The van der Waals surface area contributed by atoms with Crippen LogP contribution in [0, 0.1) is 17.8 Å². The van der Waals surface area contributed by atoms with Crippen LogP contribution in [0.25, 0.3) is 0 Å². The number of thiophene rings is 1. The second kappa shape index (κ2) is 5.33. The predicted octanol–water partition coefficient (Wildman–Crippen LogP) is 4.24. The molecule has 0 aliphatic heterocycles. The molecular weight excluding hydrogens is 216 g/mol. The molecule has 0 saturated heterocycles. The van der Waals surface area contributed by atoms with E-state index < -0.39 is 0 Å². The van der Waals surface area contributed by atoms with Gasteiger partial charge in [0.25, 0.3) is 0 Å². The molecule has 0 radical (unpaired) electrons. The molecule has 1 heterocycles. The van der Waals surface area contributed by atoms with E-state index in [1.165, 1.54) is 25.7 Å². The van der Waals surface area contributed by atoms with Gasteiger partial charge in [0.05, 0.1) is 6.10 Å². The van der Waals surface area contributed by atoms with Crippen molar-refractivity contribution in [3.8, 4) is 0 Å². The fraction of sp³-hybridized carbons (Fsp3) is 0.714. The van der Waals surface area contributed by atoms with Crippen molar-refractivity contribution in [1.29, 1.82) is 0 Å². The van der Waals surface area contributed by atoms with Crippen LogP contribution in [0.1, 0.15) is 51.2 Å². The van der Waals surface area contributed by atoms with E-state index in [0.717, 1.165) is 17.4 Å². The van der Waals surface area contributed by atoms with Crippen LogP contribution in [-0.2, 0) is 0 Å². The van der Waals surface area contributed by atoms with E-state index >= 15 is 0 Å². The Labute approximate surface area is 103 Å². The van der Waals surface area contributed by atoms with Crippen molar-refractivity contribution in [2.24, 2.45) is 17.8 Å². The van der Waals surface area contributed by atoms with Crippen molar-refractivity contribution < 1.29 is 5.11 Å². The standard InChI is InChI=1S/C14H22OS/c1-10(2)11-3-5-12(6-4-11)14(15)13-7-8-16-9-13/h7-12,14-15H,3-6H2,1-2H3. The van der Waals surface area contributed by atoms with Gasteiger partial charge in [0.2, 0.25) is 0 Å². The lowest BCUT2D eigenvalue weighted by atomic mass is 9.74. The summed E-state index contributed by atoms with van der Waals surface area (Å²) in [5, 5.41) is 14.4. The lowest BCUT2D eigenvalue weighted by Crippen LogP contribution is -2.22. The van der Waals surface area contributed by atoms with Crippen LogP contribution in [0.15, 0.2) is 16.8 Å². The number of hydrogen-bond donors (Lipinski definition) is 1. The summed E-state index contributed by atoms with van der Waals surface area (Å²) in [6, 6.07) is 2.06. The molecule has 2 heteroatoms. The zero-order chi connectivity index (χ0) is 11.5. The first kappa shape index (κ1) is 12.1. The molecule has 1 unspecified atom stereocenters. The maximum Gasteiger partial charge on any atom is 0.0826 e. The maximum atomic E-state index is 10.3. The van der Waals surface area contributed by atoms with Gasteiger partial charge in [-0.1, -0.05) is 13.8 Å². The van der Waals surface area contributed by atoms with Crippen molar-refractivity contribution in [3.63, 3.8) is 0 Å². The Balaban J connectivity index is 1.89. The average Bonchev–Trinajstić information content (AvgIpc) is 2.81. The lowest BCUT2D eigenvalue weighted by Gasteiger charge is -2.33.